The van der Waals surface area contributed by atoms with Crippen LogP contribution in [0.1, 0.15) is 24.3 Å². The highest BCUT2D eigenvalue weighted by atomic mass is 16.6. The predicted molar refractivity (Wildman–Crippen MR) is 100 cm³/mol. The molecule has 0 spiro atoms. The van der Waals surface area contributed by atoms with Gasteiger partial charge in [0.25, 0.3) is 0 Å². The minimum Gasteiger partial charge on any atom is -0.487 e. The molecule has 0 unspecified atom stereocenters. The summed E-state index contributed by atoms with van der Waals surface area (Å²) < 4.78 is 17.5. The number of fused-ring (bicyclic) bond motifs is 3. The maximum Gasteiger partial charge on any atom is 0.225 e. The molecule has 7 heteroatoms. The Bertz CT molecular complexity index is 689. The lowest BCUT2D eigenvalue weighted by Gasteiger charge is -2.38. The number of carbonyl (C=O) groups excluding carboxylic acids is 1. The molecule has 4 atom stereocenters. The van der Waals surface area contributed by atoms with Crippen molar-refractivity contribution in [2.45, 2.75) is 37.1 Å². The van der Waals surface area contributed by atoms with Crippen LogP contribution >= 0.6 is 0 Å². The summed E-state index contributed by atoms with van der Waals surface area (Å²) in [6.07, 6.45) is 0.235. The van der Waals surface area contributed by atoms with E-state index in [4.69, 9.17) is 14.2 Å². The molecule has 0 radical (unpaired) electrons. The Balaban J connectivity index is 1.51. The summed E-state index contributed by atoms with van der Waals surface area (Å²) in [6.45, 7) is 2.35. The lowest BCUT2D eigenvalue weighted by Crippen LogP contribution is -2.48. The van der Waals surface area contributed by atoms with Crippen molar-refractivity contribution in [3.63, 3.8) is 0 Å². The number of hydrogen-bond acceptors (Lipinski definition) is 6. The largest absolute Gasteiger partial charge is 0.487 e. The molecule has 3 aliphatic heterocycles. The van der Waals surface area contributed by atoms with E-state index in [0.717, 1.165) is 23.4 Å². The number of rotatable bonds is 4. The molecule has 4 rings (SSSR count). The van der Waals surface area contributed by atoms with Crippen molar-refractivity contribution in [2.75, 3.05) is 51.9 Å². The summed E-state index contributed by atoms with van der Waals surface area (Å²) in [5.41, 5.74) is 2.27. The van der Waals surface area contributed by atoms with Crippen LogP contribution in [-0.2, 0) is 14.3 Å². The van der Waals surface area contributed by atoms with Crippen molar-refractivity contribution in [1.29, 1.82) is 0 Å². The molecule has 2 saturated heterocycles. The van der Waals surface area contributed by atoms with Crippen LogP contribution in [0.4, 0.5) is 5.69 Å². The monoisotopic (exact) mass is 376 g/mol. The van der Waals surface area contributed by atoms with E-state index >= 15 is 0 Å². The van der Waals surface area contributed by atoms with Gasteiger partial charge in [-0.1, -0.05) is 0 Å². The van der Waals surface area contributed by atoms with Crippen LogP contribution in [0, 0.1) is 0 Å². The Morgan fingerprint density at radius 1 is 1.30 bits per heavy atom. The minimum absolute atomic E-state index is 0.0969. The molecule has 1 N–H and O–H groups in total. The van der Waals surface area contributed by atoms with Gasteiger partial charge in [0.1, 0.15) is 18.0 Å². The van der Waals surface area contributed by atoms with Crippen LogP contribution in [0.15, 0.2) is 18.2 Å². The van der Waals surface area contributed by atoms with E-state index in [1.54, 1.807) is 0 Å². The molecule has 0 aromatic heterocycles. The third kappa shape index (κ3) is 3.63. The van der Waals surface area contributed by atoms with Gasteiger partial charge in [-0.15, -0.1) is 0 Å². The number of hydrogen-bond donors (Lipinski definition) is 1. The molecule has 2 fully saturated rings. The Labute approximate surface area is 159 Å². The third-order valence-corrected chi connectivity index (χ3v) is 5.77. The van der Waals surface area contributed by atoms with Crippen molar-refractivity contribution in [1.82, 2.24) is 4.90 Å². The van der Waals surface area contributed by atoms with E-state index < -0.39 is 6.10 Å². The third-order valence-electron chi connectivity index (χ3n) is 5.77. The Kier molecular flexibility index (Phi) is 5.25. The topological polar surface area (TPSA) is 71.5 Å². The van der Waals surface area contributed by atoms with E-state index in [1.807, 2.05) is 31.1 Å². The van der Waals surface area contributed by atoms with Gasteiger partial charge < -0.3 is 29.1 Å². The number of aliphatic hydroxyl groups excluding tert-OH is 1. The average molecular weight is 376 g/mol. The van der Waals surface area contributed by atoms with Crippen molar-refractivity contribution < 1.29 is 24.1 Å². The van der Waals surface area contributed by atoms with Crippen molar-refractivity contribution >= 4 is 11.6 Å². The first-order valence-electron chi connectivity index (χ1n) is 9.66. The summed E-state index contributed by atoms with van der Waals surface area (Å²) in [6, 6.07) is 6.18. The van der Waals surface area contributed by atoms with E-state index in [2.05, 4.69) is 11.0 Å². The van der Waals surface area contributed by atoms with Gasteiger partial charge in [0, 0.05) is 44.4 Å². The van der Waals surface area contributed by atoms with Crippen molar-refractivity contribution in [3.05, 3.63) is 23.8 Å². The van der Waals surface area contributed by atoms with Crippen molar-refractivity contribution in [3.8, 4) is 5.75 Å². The molecule has 0 bridgehead atoms. The van der Waals surface area contributed by atoms with E-state index in [9.17, 15) is 9.90 Å². The maximum absolute atomic E-state index is 12.6. The Morgan fingerprint density at radius 2 is 2.07 bits per heavy atom. The normalized spacial score (nSPS) is 29.7. The summed E-state index contributed by atoms with van der Waals surface area (Å²) in [5.74, 6) is 1.09. The van der Waals surface area contributed by atoms with Crippen molar-refractivity contribution in [2.24, 2.45) is 0 Å². The van der Waals surface area contributed by atoms with Gasteiger partial charge in [-0.3, -0.25) is 4.79 Å². The molecule has 1 aromatic carbocycles. The molecule has 148 valence electrons. The van der Waals surface area contributed by atoms with Crippen LogP contribution in [0.3, 0.4) is 0 Å². The molecule has 3 aliphatic rings. The zero-order valence-corrected chi connectivity index (χ0v) is 16.0. The fourth-order valence-electron chi connectivity index (χ4n) is 4.29. The predicted octanol–water partition coefficient (Wildman–Crippen LogP) is 0.996. The molecule has 27 heavy (non-hydrogen) atoms. The maximum atomic E-state index is 12.6. The highest BCUT2D eigenvalue weighted by molar-refractivity contribution is 5.76. The molecule has 3 heterocycles. The molecular weight excluding hydrogens is 348 g/mol. The van der Waals surface area contributed by atoms with E-state index in [-0.39, 0.29) is 30.6 Å². The van der Waals surface area contributed by atoms with Gasteiger partial charge >= 0.3 is 0 Å². The Morgan fingerprint density at radius 3 is 2.78 bits per heavy atom. The number of amides is 1. The van der Waals surface area contributed by atoms with Gasteiger partial charge in [0.15, 0.2) is 0 Å². The van der Waals surface area contributed by atoms with Gasteiger partial charge in [-0.05, 0) is 24.6 Å². The SMILES string of the molecule is CN(C)c1ccc2c(c1)[C@@H]1C[C@@H](CC(=O)N3CCOCC3)O[C@@H](CO)[C@@H]1O2. The molecule has 0 aliphatic carbocycles. The smallest absolute Gasteiger partial charge is 0.225 e. The van der Waals surface area contributed by atoms with Crippen LogP contribution in [-0.4, -0.2) is 81.2 Å². The summed E-state index contributed by atoms with van der Waals surface area (Å²) >= 11 is 0. The second kappa shape index (κ2) is 7.66. The van der Waals surface area contributed by atoms with Crippen LogP contribution in [0.5, 0.6) is 5.75 Å². The van der Waals surface area contributed by atoms with Crippen LogP contribution < -0.4 is 9.64 Å². The molecule has 1 aromatic rings. The molecular formula is C20H28N2O5. The zero-order valence-electron chi connectivity index (χ0n) is 16.0. The fourth-order valence-corrected chi connectivity index (χ4v) is 4.29. The van der Waals surface area contributed by atoms with Gasteiger partial charge in [-0.25, -0.2) is 0 Å². The summed E-state index contributed by atoms with van der Waals surface area (Å²) in [4.78, 5) is 16.5. The number of ether oxygens (including phenoxy) is 3. The quantitative estimate of drug-likeness (QED) is 0.845. The average Bonchev–Trinajstić information content (AvgIpc) is 3.06. The number of morpholine rings is 1. The number of anilines is 1. The number of benzene rings is 1. The second-order valence-electron chi connectivity index (χ2n) is 7.72. The fraction of sp³-hybridized carbons (Fsp3) is 0.650. The highest BCUT2D eigenvalue weighted by Gasteiger charge is 2.46. The second-order valence-corrected chi connectivity index (χ2v) is 7.72. The highest BCUT2D eigenvalue weighted by Crippen LogP contribution is 2.47. The number of nitrogens with zero attached hydrogens (tertiary/aromatic N) is 2. The Hall–Kier alpha value is -1.83. The van der Waals surface area contributed by atoms with Crippen LogP contribution in [0.25, 0.3) is 0 Å². The first kappa shape index (κ1) is 18.5. The van der Waals surface area contributed by atoms with Gasteiger partial charge in [0.2, 0.25) is 5.91 Å². The molecule has 0 saturated carbocycles. The van der Waals surface area contributed by atoms with Gasteiger partial charge in [-0.2, -0.15) is 0 Å². The lowest BCUT2D eigenvalue weighted by molar-refractivity contribution is -0.151. The zero-order chi connectivity index (χ0) is 19.0. The first-order chi connectivity index (χ1) is 13.1. The minimum atomic E-state index is -0.415. The molecule has 7 nitrogen and oxygen atoms in total. The lowest BCUT2D eigenvalue weighted by atomic mass is 9.84. The summed E-state index contributed by atoms with van der Waals surface area (Å²) in [5, 5.41) is 9.84. The van der Waals surface area contributed by atoms with Gasteiger partial charge in [0.05, 0.1) is 32.3 Å². The molecule has 1 amide bonds. The number of carbonyl (C=O) groups is 1. The number of aliphatic hydroxyl groups is 1. The van der Waals surface area contributed by atoms with Crippen LogP contribution in [0.2, 0.25) is 0 Å². The first-order valence-corrected chi connectivity index (χ1v) is 9.66. The standard InChI is InChI=1S/C20H28N2O5/c1-21(2)13-3-4-17-15(9-13)16-10-14(26-18(12-23)20(16)27-17)11-19(24)22-5-7-25-8-6-22/h3-4,9,14,16,18,20,23H,5-8,10-12H2,1-2H3/t14-,16-,18-,20+/m0/s1. The van der Waals surface area contributed by atoms with E-state index in [1.165, 1.54) is 0 Å². The summed E-state index contributed by atoms with van der Waals surface area (Å²) in [7, 11) is 4.03. The van der Waals surface area contributed by atoms with E-state index in [0.29, 0.717) is 32.7 Å².